The largest absolute Gasteiger partial charge is 0.443 e. The molecule has 0 saturated heterocycles. The molecule has 0 atom stereocenters. The summed E-state index contributed by atoms with van der Waals surface area (Å²) < 4.78 is 5.15. The summed E-state index contributed by atoms with van der Waals surface area (Å²) in [4.78, 5) is 18.9. The summed E-state index contributed by atoms with van der Waals surface area (Å²) in [6, 6.07) is 0. The minimum Gasteiger partial charge on any atom is -0.443 e. The van der Waals surface area contributed by atoms with E-state index in [0.29, 0.717) is 22.7 Å². The fourth-order valence-corrected chi connectivity index (χ4v) is 1.35. The first-order valence-corrected chi connectivity index (χ1v) is 4.21. The zero-order chi connectivity index (χ0) is 10.3. The zero-order valence-corrected chi connectivity index (χ0v) is 7.51. The van der Waals surface area contributed by atoms with E-state index < -0.39 is 0 Å². The zero-order valence-electron chi connectivity index (χ0n) is 7.51. The van der Waals surface area contributed by atoms with E-state index in [1.807, 2.05) is 0 Å². The fraction of sp³-hybridized carbons (Fsp3) is 0. The van der Waals surface area contributed by atoms with E-state index in [9.17, 15) is 0 Å². The normalized spacial score (nSPS) is 10.9. The highest BCUT2D eigenvalue weighted by molar-refractivity contribution is 5.84. The Hall–Kier alpha value is -2.44. The van der Waals surface area contributed by atoms with Crippen LogP contribution in [0.2, 0.25) is 0 Å². The Bertz CT molecular complexity index is 599. The van der Waals surface area contributed by atoms with Crippen LogP contribution in [0.1, 0.15) is 0 Å². The van der Waals surface area contributed by atoms with Crippen molar-refractivity contribution in [2.75, 3.05) is 5.73 Å². The molecule has 0 aliphatic heterocycles. The third kappa shape index (κ3) is 1.13. The van der Waals surface area contributed by atoms with Crippen LogP contribution in [-0.2, 0) is 0 Å². The Balaban J connectivity index is 2.38. The van der Waals surface area contributed by atoms with Gasteiger partial charge in [-0.2, -0.15) is 4.98 Å². The second-order valence-electron chi connectivity index (χ2n) is 2.87. The van der Waals surface area contributed by atoms with Crippen molar-refractivity contribution in [3.05, 3.63) is 18.8 Å². The number of aromatic nitrogens is 5. The van der Waals surface area contributed by atoms with Crippen LogP contribution in [0.3, 0.4) is 0 Å². The lowest BCUT2D eigenvalue weighted by Crippen LogP contribution is -1.97. The Morgan fingerprint density at radius 1 is 1.27 bits per heavy atom. The second kappa shape index (κ2) is 2.77. The number of rotatable bonds is 1. The van der Waals surface area contributed by atoms with Crippen LogP contribution in [0, 0.1) is 0 Å². The first-order chi connectivity index (χ1) is 7.34. The standard InChI is InChI=1S/C8H6N6O/c9-8-13-5(7-10-1-2-15-7)4-6(14-8)12-3-11-4/h1-3H,(H3,9,11,12,13,14). The predicted molar refractivity (Wildman–Crippen MR) is 51.6 cm³/mol. The van der Waals surface area contributed by atoms with Crippen molar-refractivity contribution < 1.29 is 4.42 Å². The maximum Gasteiger partial charge on any atom is 0.247 e. The smallest absolute Gasteiger partial charge is 0.247 e. The summed E-state index contributed by atoms with van der Waals surface area (Å²) in [5, 5.41) is 0. The molecule has 0 aliphatic rings. The summed E-state index contributed by atoms with van der Waals surface area (Å²) in [6.07, 6.45) is 4.52. The molecule has 0 aliphatic carbocycles. The van der Waals surface area contributed by atoms with Crippen molar-refractivity contribution in [1.82, 2.24) is 24.9 Å². The van der Waals surface area contributed by atoms with Crippen LogP contribution in [0.25, 0.3) is 22.7 Å². The number of oxazole rings is 1. The van der Waals surface area contributed by atoms with Crippen LogP contribution in [0.15, 0.2) is 23.2 Å². The molecule has 0 spiro atoms. The van der Waals surface area contributed by atoms with Crippen molar-refractivity contribution in [1.29, 1.82) is 0 Å². The molecule has 7 heteroatoms. The molecule has 0 saturated carbocycles. The topological polar surface area (TPSA) is 107 Å². The Labute approximate surface area is 83.4 Å². The molecule has 0 bridgehead atoms. The minimum atomic E-state index is 0.141. The van der Waals surface area contributed by atoms with E-state index in [2.05, 4.69) is 24.9 Å². The van der Waals surface area contributed by atoms with Crippen molar-refractivity contribution in [3.8, 4) is 11.6 Å². The number of nitrogen functional groups attached to an aromatic ring is 1. The lowest BCUT2D eigenvalue weighted by molar-refractivity contribution is 0.572. The SMILES string of the molecule is Nc1nc(-c2ncco2)c2[nH]cnc2n1. The number of imidazole rings is 1. The van der Waals surface area contributed by atoms with Gasteiger partial charge in [0, 0.05) is 0 Å². The molecule has 0 aromatic carbocycles. The van der Waals surface area contributed by atoms with Gasteiger partial charge in [0.1, 0.15) is 11.8 Å². The van der Waals surface area contributed by atoms with E-state index in [-0.39, 0.29) is 5.95 Å². The molecule has 3 N–H and O–H groups in total. The van der Waals surface area contributed by atoms with E-state index >= 15 is 0 Å². The van der Waals surface area contributed by atoms with E-state index in [1.165, 1.54) is 18.8 Å². The van der Waals surface area contributed by atoms with Gasteiger partial charge in [0.2, 0.25) is 11.8 Å². The summed E-state index contributed by atoms with van der Waals surface area (Å²) >= 11 is 0. The first-order valence-electron chi connectivity index (χ1n) is 4.21. The van der Waals surface area contributed by atoms with Gasteiger partial charge in [0.25, 0.3) is 0 Å². The molecular weight excluding hydrogens is 196 g/mol. The minimum absolute atomic E-state index is 0.141. The number of hydrogen-bond donors (Lipinski definition) is 2. The van der Waals surface area contributed by atoms with Crippen LogP contribution in [0.5, 0.6) is 0 Å². The molecule has 0 radical (unpaired) electrons. The lowest BCUT2D eigenvalue weighted by Gasteiger charge is -1.97. The number of nitrogens with zero attached hydrogens (tertiary/aromatic N) is 4. The van der Waals surface area contributed by atoms with Crippen molar-refractivity contribution >= 4 is 17.1 Å². The number of aromatic amines is 1. The Morgan fingerprint density at radius 3 is 3.00 bits per heavy atom. The number of nitrogens with two attached hydrogens (primary N) is 1. The average Bonchev–Trinajstić information content (AvgIpc) is 2.86. The Kier molecular flexibility index (Phi) is 1.46. The third-order valence-corrected chi connectivity index (χ3v) is 1.94. The maximum absolute atomic E-state index is 5.54. The summed E-state index contributed by atoms with van der Waals surface area (Å²) in [5.74, 6) is 0.529. The number of nitrogens with one attached hydrogen (secondary N) is 1. The van der Waals surface area contributed by atoms with Crippen molar-refractivity contribution in [2.45, 2.75) is 0 Å². The quantitative estimate of drug-likeness (QED) is 0.598. The number of H-pyrrole nitrogens is 1. The maximum atomic E-state index is 5.54. The summed E-state index contributed by atoms with van der Waals surface area (Å²) in [6.45, 7) is 0. The van der Waals surface area contributed by atoms with E-state index in [1.54, 1.807) is 0 Å². The highest BCUT2D eigenvalue weighted by Crippen LogP contribution is 2.22. The molecule has 3 rings (SSSR count). The molecule has 3 heterocycles. The van der Waals surface area contributed by atoms with Crippen LogP contribution in [-0.4, -0.2) is 24.9 Å². The van der Waals surface area contributed by atoms with Gasteiger partial charge in [-0.1, -0.05) is 0 Å². The average molecular weight is 202 g/mol. The van der Waals surface area contributed by atoms with Gasteiger partial charge >= 0.3 is 0 Å². The van der Waals surface area contributed by atoms with Crippen LogP contribution < -0.4 is 5.73 Å². The van der Waals surface area contributed by atoms with Crippen LogP contribution >= 0.6 is 0 Å². The molecule has 3 aromatic heterocycles. The van der Waals surface area contributed by atoms with Gasteiger partial charge in [-0.15, -0.1) is 0 Å². The molecule has 7 nitrogen and oxygen atoms in total. The molecule has 0 fully saturated rings. The van der Waals surface area contributed by atoms with Gasteiger partial charge < -0.3 is 15.1 Å². The van der Waals surface area contributed by atoms with Crippen LogP contribution in [0.4, 0.5) is 5.95 Å². The monoisotopic (exact) mass is 202 g/mol. The van der Waals surface area contributed by atoms with Gasteiger partial charge in [-0.25, -0.2) is 15.0 Å². The predicted octanol–water partition coefficient (Wildman–Crippen LogP) is 0.590. The number of anilines is 1. The van der Waals surface area contributed by atoms with Crippen molar-refractivity contribution in [2.24, 2.45) is 0 Å². The third-order valence-electron chi connectivity index (χ3n) is 1.94. The van der Waals surface area contributed by atoms with Gasteiger partial charge in [-0.3, -0.25) is 0 Å². The Morgan fingerprint density at radius 2 is 2.20 bits per heavy atom. The number of hydrogen-bond acceptors (Lipinski definition) is 6. The molecule has 0 amide bonds. The molecule has 3 aromatic rings. The summed E-state index contributed by atoms with van der Waals surface area (Å²) in [5.41, 5.74) is 7.21. The highest BCUT2D eigenvalue weighted by atomic mass is 16.3. The molecular formula is C8H6N6O. The van der Waals surface area contributed by atoms with Gasteiger partial charge in [0.15, 0.2) is 11.3 Å². The van der Waals surface area contributed by atoms with Gasteiger partial charge in [-0.05, 0) is 0 Å². The van der Waals surface area contributed by atoms with E-state index in [0.717, 1.165) is 0 Å². The van der Waals surface area contributed by atoms with E-state index in [4.69, 9.17) is 10.2 Å². The highest BCUT2D eigenvalue weighted by Gasteiger charge is 2.13. The van der Waals surface area contributed by atoms with Crippen molar-refractivity contribution in [3.63, 3.8) is 0 Å². The first kappa shape index (κ1) is 7.92. The fourth-order valence-electron chi connectivity index (χ4n) is 1.35. The second-order valence-corrected chi connectivity index (χ2v) is 2.87. The summed E-state index contributed by atoms with van der Waals surface area (Å²) in [7, 11) is 0. The molecule has 15 heavy (non-hydrogen) atoms. The molecule has 74 valence electrons. The lowest BCUT2D eigenvalue weighted by atomic mass is 10.3. The molecule has 0 unspecified atom stereocenters. The van der Waals surface area contributed by atoms with Gasteiger partial charge in [0.05, 0.1) is 12.5 Å². The number of fused-ring (bicyclic) bond motifs is 1.